The highest BCUT2D eigenvalue weighted by Crippen LogP contribution is 2.34. The standard InChI is InChI=1S/C14H22N2O2/c1-14(15-2)7-8-16(10-14)11-5-6-12(17-3)13(9-11)18-4/h5-6,9,15H,7-8,10H2,1-4H3. The van der Waals surface area contributed by atoms with E-state index in [2.05, 4.69) is 23.2 Å². The van der Waals surface area contributed by atoms with Crippen LogP contribution in [0.3, 0.4) is 0 Å². The zero-order valence-corrected chi connectivity index (χ0v) is 11.6. The highest BCUT2D eigenvalue weighted by atomic mass is 16.5. The maximum absolute atomic E-state index is 5.35. The van der Waals surface area contributed by atoms with Gasteiger partial charge in [0, 0.05) is 30.4 Å². The molecule has 1 atom stereocenters. The molecule has 0 aromatic heterocycles. The highest BCUT2D eigenvalue weighted by molar-refractivity contribution is 5.57. The van der Waals surface area contributed by atoms with E-state index in [1.54, 1.807) is 14.2 Å². The fraction of sp³-hybridized carbons (Fsp3) is 0.571. The molecule has 1 N–H and O–H groups in total. The van der Waals surface area contributed by atoms with Crippen LogP contribution in [0.2, 0.25) is 0 Å². The third kappa shape index (κ3) is 2.38. The van der Waals surface area contributed by atoms with Crippen molar-refractivity contribution in [3.8, 4) is 11.5 Å². The maximum Gasteiger partial charge on any atom is 0.162 e. The summed E-state index contributed by atoms with van der Waals surface area (Å²) < 4.78 is 10.6. The number of rotatable bonds is 4. The van der Waals surface area contributed by atoms with Gasteiger partial charge in [0.15, 0.2) is 11.5 Å². The zero-order valence-electron chi connectivity index (χ0n) is 11.6. The molecule has 1 fully saturated rings. The minimum Gasteiger partial charge on any atom is -0.493 e. The molecular formula is C14H22N2O2. The van der Waals surface area contributed by atoms with Gasteiger partial charge in [-0.3, -0.25) is 0 Å². The van der Waals surface area contributed by atoms with E-state index < -0.39 is 0 Å². The van der Waals surface area contributed by atoms with Crippen LogP contribution in [0.15, 0.2) is 18.2 Å². The van der Waals surface area contributed by atoms with Gasteiger partial charge in [-0.2, -0.15) is 0 Å². The van der Waals surface area contributed by atoms with Gasteiger partial charge in [0.05, 0.1) is 14.2 Å². The van der Waals surface area contributed by atoms with Crippen LogP contribution < -0.4 is 19.7 Å². The van der Waals surface area contributed by atoms with Gasteiger partial charge in [0.1, 0.15) is 0 Å². The Morgan fingerprint density at radius 1 is 1.22 bits per heavy atom. The first kappa shape index (κ1) is 13.0. The number of hydrogen-bond donors (Lipinski definition) is 1. The van der Waals surface area contributed by atoms with Gasteiger partial charge in [-0.05, 0) is 32.5 Å². The van der Waals surface area contributed by atoms with Crippen molar-refractivity contribution in [1.82, 2.24) is 5.32 Å². The zero-order chi connectivity index (χ0) is 13.2. The maximum atomic E-state index is 5.35. The van der Waals surface area contributed by atoms with Crippen molar-refractivity contribution in [2.45, 2.75) is 18.9 Å². The molecule has 1 saturated heterocycles. The molecule has 1 unspecified atom stereocenters. The van der Waals surface area contributed by atoms with Crippen LogP contribution in [0.5, 0.6) is 11.5 Å². The Morgan fingerprint density at radius 3 is 2.50 bits per heavy atom. The number of hydrogen-bond acceptors (Lipinski definition) is 4. The minimum absolute atomic E-state index is 0.202. The van der Waals surface area contributed by atoms with Crippen molar-refractivity contribution in [2.75, 3.05) is 39.3 Å². The van der Waals surface area contributed by atoms with Gasteiger partial charge in [-0.1, -0.05) is 0 Å². The second-order valence-corrected chi connectivity index (χ2v) is 5.02. The topological polar surface area (TPSA) is 33.7 Å². The second-order valence-electron chi connectivity index (χ2n) is 5.02. The molecule has 0 aliphatic carbocycles. The molecule has 1 heterocycles. The summed E-state index contributed by atoms with van der Waals surface area (Å²) in [6.45, 7) is 4.33. The van der Waals surface area contributed by atoms with Gasteiger partial charge in [0.25, 0.3) is 0 Å². The Labute approximate surface area is 109 Å². The molecule has 1 aromatic rings. The molecule has 4 heteroatoms. The van der Waals surface area contributed by atoms with E-state index in [1.165, 1.54) is 5.69 Å². The van der Waals surface area contributed by atoms with E-state index in [9.17, 15) is 0 Å². The highest BCUT2D eigenvalue weighted by Gasteiger charge is 2.32. The van der Waals surface area contributed by atoms with Gasteiger partial charge >= 0.3 is 0 Å². The summed E-state index contributed by atoms with van der Waals surface area (Å²) >= 11 is 0. The van der Waals surface area contributed by atoms with E-state index >= 15 is 0 Å². The average Bonchev–Trinajstić information content (AvgIpc) is 2.81. The number of nitrogens with zero attached hydrogens (tertiary/aromatic N) is 1. The number of likely N-dealkylation sites (N-methyl/N-ethyl adjacent to an activating group) is 1. The van der Waals surface area contributed by atoms with E-state index in [4.69, 9.17) is 9.47 Å². The molecular weight excluding hydrogens is 228 g/mol. The Kier molecular flexibility index (Phi) is 3.66. The first-order chi connectivity index (χ1) is 8.61. The van der Waals surface area contributed by atoms with E-state index in [1.807, 2.05) is 19.2 Å². The lowest BCUT2D eigenvalue weighted by Gasteiger charge is -2.25. The largest absolute Gasteiger partial charge is 0.493 e. The van der Waals surface area contributed by atoms with Crippen LogP contribution in [0.1, 0.15) is 13.3 Å². The van der Waals surface area contributed by atoms with Crippen molar-refractivity contribution >= 4 is 5.69 Å². The molecule has 0 saturated carbocycles. The van der Waals surface area contributed by atoms with Gasteiger partial charge in [-0.15, -0.1) is 0 Å². The van der Waals surface area contributed by atoms with Crippen LogP contribution in [-0.2, 0) is 0 Å². The predicted molar refractivity (Wildman–Crippen MR) is 73.8 cm³/mol. The fourth-order valence-electron chi connectivity index (χ4n) is 2.41. The molecule has 0 spiro atoms. The van der Waals surface area contributed by atoms with Crippen molar-refractivity contribution in [2.24, 2.45) is 0 Å². The van der Waals surface area contributed by atoms with Gasteiger partial charge in [-0.25, -0.2) is 0 Å². The summed E-state index contributed by atoms with van der Waals surface area (Å²) in [4.78, 5) is 2.37. The SMILES string of the molecule is CNC1(C)CCN(c2ccc(OC)c(OC)c2)C1. The van der Waals surface area contributed by atoms with Crippen molar-refractivity contribution in [3.05, 3.63) is 18.2 Å². The van der Waals surface area contributed by atoms with E-state index in [-0.39, 0.29) is 5.54 Å². The summed E-state index contributed by atoms with van der Waals surface area (Å²) in [5, 5.41) is 3.39. The third-order valence-corrected chi connectivity index (χ3v) is 3.81. The Morgan fingerprint density at radius 2 is 1.94 bits per heavy atom. The number of nitrogens with one attached hydrogen (secondary N) is 1. The summed E-state index contributed by atoms with van der Waals surface area (Å²) in [6, 6.07) is 6.09. The minimum atomic E-state index is 0.202. The molecule has 18 heavy (non-hydrogen) atoms. The summed E-state index contributed by atoms with van der Waals surface area (Å²) in [7, 11) is 5.35. The molecule has 1 aliphatic heterocycles. The fourth-order valence-corrected chi connectivity index (χ4v) is 2.41. The first-order valence-corrected chi connectivity index (χ1v) is 6.28. The molecule has 4 nitrogen and oxygen atoms in total. The monoisotopic (exact) mass is 250 g/mol. The lowest BCUT2D eigenvalue weighted by Crippen LogP contribution is -2.42. The summed E-state index contributed by atoms with van der Waals surface area (Å²) in [5.41, 5.74) is 1.39. The third-order valence-electron chi connectivity index (χ3n) is 3.81. The smallest absolute Gasteiger partial charge is 0.162 e. The van der Waals surface area contributed by atoms with E-state index in [0.29, 0.717) is 0 Å². The van der Waals surface area contributed by atoms with Gasteiger partial charge in [0.2, 0.25) is 0 Å². The van der Waals surface area contributed by atoms with Crippen molar-refractivity contribution in [3.63, 3.8) is 0 Å². The Bertz CT molecular complexity index is 422. The van der Waals surface area contributed by atoms with Gasteiger partial charge < -0.3 is 19.7 Å². The molecule has 0 amide bonds. The molecule has 2 rings (SSSR count). The summed E-state index contributed by atoms with van der Waals surface area (Å²) in [5.74, 6) is 1.56. The Balaban J connectivity index is 2.20. The lowest BCUT2D eigenvalue weighted by molar-refractivity contribution is 0.355. The molecule has 1 aliphatic rings. The van der Waals surface area contributed by atoms with Crippen LogP contribution in [0.25, 0.3) is 0 Å². The number of benzene rings is 1. The molecule has 100 valence electrons. The van der Waals surface area contributed by atoms with Crippen LogP contribution in [-0.4, -0.2) is 39.9 Å². The predicted octanol–water partition coefficient (Wildman–Crippen LogP) is 1.89. The molecule has 0 bridgehead atoms. The lowest BCUT2D eigenvalue weighted by atomic mass is 10.0. The van der Waals surface area contributed by atoms with Crippen molar-refractivity contribution in [1.29, 1.82) is 0 Å². The van der Waals surface area contributed by atoms with Crippen LogP contribution >= 0.6 is 0 Å². The van der Waals surface area contributed by atoms with Crippen LogP contribution in [0, 0.1) is 0 Å². The Hall–Kier alpha value is -1.42. The second kappa shape index (κ2) is 5.06. The number of methoxy groups -OCH3 is 2. The molecule has 0 radical (unpaired) electrons. The van der Waals surface area contributed by atoms with E-state index in [0.717, 1.165) is 31.0 Å². The molecule has 1 aromatic carbocycles. The number of anilines is 1. The van der Waals surface area contributed by atoms with Crippen LogP contribution in [0.4, 0.5) is 5.69 Å². The average molecular weight is 250 g/mol. The number of ether oxygens (including phenoxy) is 2. The normalized spacial score (nSPS) is 23.2. The summed E-state index contributed by atoms with van der Waals surface area (Å²) in [6.07, 6.45) is 1.15. The van der Waals surface area contributed by atoms with Crippen molar-refractivity contribution < 1.29 is 9.47 Å². The first-order valence-electron chi connectivity index (χ1n) is 6.28. The quantitative estimate of drug-likeness (QED) is 0.885.